The van der Waals surface area contributed by atoms with Gasteiger partial charge in [0.05, 0.1) is 20.3 Å². The highest BCUT2D eigenvalue weighted by Gasteiger charge is 2.13. The summed E-state index contributed by atoms with van der Waals surface area (Å²) in [5.74, 6) is 0.705. The quantitative estimate of drug-likeness (QED) is 0.838. The lowest BCUT2D eigenvalue weighted by molar-refractivity contribution is 0.00510. The molecule has 2 N–H and O–H groups in total. The van der Waals surface area contributed by atoms with Gasteiger partial charge in [0.15, 0.2) is 11.5 Å². The second-order valence-electron chi connectivity index (χ2n) is 4.84. The maximum atomic E-state index is 9.57. The number of morpholine rings is 1. The number of phenols is 1. The van der Waals surface area contributed by atoms with Crippen molar-refractivity contribution >= 4 is 0 Å². The van der Waals surface area contributed by atoms with Gasteiger partial charge in [0.2, 0.25) is 0 Å². The molecule has 0 saturated carbocycles. The largest absolute Gasteiger partial charge is 0.504 e. The van der Waals surface area contributed by atoms with E-state index < -0.39 is 0 Å². The number of hydrazine groups is 1. The van der Waals surface area contributed by atoms with Crippen molar-refractivity contribution in [3.8, 4) is 11.5 Å². The van der Waals surface area contributed by atoms with Crippen molar-refractivity contribution in [2.24, 2.45) is 0 Å². The number of hydrogen-bond donors (Lipinski definition) is 2. The summed E-state index contributed by atoms with van der Waals surface area (Å²) in [5, 5.41) is 11.8. The van der Waals surface area contributed by atoms with Crippen molar-refractivity contribution in [3.05, 3.63) is 23.8 Å². The molecule has 1 aliphatic heterocycles. The van der Waals surface area contributed by atoms with E-state index in [1.54, 1.807) is 13.2 Å². The SMILES string of the molecule is COc1cc(CC(C)NN2CCOCC2)ccc1O. The van der Waals surface area contributed by atoms with Gasteiger partial charge < -0.3 is 14.6 Å². The number of ether oxygens (including phenoxy) is 2. The first-order chi connectivity index (χ1) is 9.19. The third kappa shape index (κ3) is 4.09. The second-order valence-corrected chi connectivity index (χ2v) is 4.84. The van der Waals surface area contributed by atoms with Crippen molar-refractivity contribution in [1.82, 2.24) is 10.4 Å². The first-order valence-electron chi connectivity index (χ1n) is 6.64. The number of hydrogen-bond acceptors (Lipinski definition) is 5. The van der Waals surface area contributed by atoms with Crippen LogP contribution in [0.25, 0.3) is 0 Å². The highest BCUT2D eigenvalue weighted by atomic mass is 16.5. The highest BCUT2D eigenvalue weighted by Crippen LogP contribution is 2.26. The van der Waals surface area contributed by atoms with Gasteiger partial charge in [0.25, 0.3) is 0 Å². The number of rotatable bonds is 5. The Morgan fingerprint density at radius 1 is 1.42 bits per heavy atom. The van der Waals surface area contributed by atoms with E-state index in [0.717, 1.165) is 38.3 Å². The van der Waals surface area contributed by atoms with E-state index in [1.807, 2.05) is 12.1 Å². The van der Waals surface area contributed by atoms with Crippen molar-refractivity contribution in [3.63, 3.8) is 0 Å². The van der Waals surface area contributed by atoms with Crippen LogP contribution in [0.15, 0.2) is 18.2 Å². The zero-order valence-electron chi connectivity index (χ0n) is 11.6. The minimum Gasteiger partial charge on any atom is -0.504 e. The Kier molecular flexibility index (Phi) is 5.01. The molecule has 0 aliphatic carbocycles. The van der Waals surface area contributed by atoms with Gasteiger partial charge in [-0.1, -0.05) is 6.07 Å². The summed E-state index contributed by atoms with van der Waals surface area (Å²) in [6.07, 6.45) is 0.883. The average molecular weight is 266 g/mol. The maximum absolute atomic E-state index is 9.57. The fraction of sp³-hybridized carbons (Fsp3) is 0.571. The summed E-state index contributed by atoms with van der Waals surface area (Å²) in [6, 6.07) is 5.81. The molecule has 1 heterocycles. The minimum absolute atomic E-state index is 0.181. The molecule has 1 aromatic carbocycles. The van der Waals surface area contributed by atoms with Crippen LogP contribution in [0.4, 0.5) is 0 Å². The summed E-state index contributed by atoms with van der Waals surface area (Å²) in [5.41, 5.74) is 4.61. The molecule has 106 valence electrons. The highest BCUT2D eigenvalue weighted by molar-refractivity contribution is 5.41. The van der Waals surface area contributed by atoms with Gasteiger partial charge in [0.1, 0.15) is 0 Å². The number of nitrogens with zero attached hydrogens (tertiary/aromatic N) is 1. The molecule has 0 radical (unpaired) electrons. The molecule has 5 nitrogen and oxygen atoms in total. The van der Waals surface area contributed by atoms with Gasteiger partial charge in [-0.2, -0.15) is 0 Å². The van der Waals surface area contributed by atoms with Crippen LogP contribution in [-0.4, -0.2) is 49.6 Å². The molecule has 0 bridgehead atoms. The third-order valence-electron chi connectivity index (χ3n) is 3.20. The Balaban J connectivity index is 1.88. The molecule has 1 unspecified atom stereocenters. The molecule has 5 heteroatoms. The van der Waals surface area contributed by atoms with Crippen molar-refractivity contribution in [2.45, 2.75) is 19.4 Å². The number of methoxy groups -OCH3 is 1. The van der Waals surface area contributed by atoms with Crippen LogP contribution in [0, 0.1) is 0 Å². The predicted molar refractivity (Wildman–Crippen MR) is 73.4 cm³/mol. The molecule has 0 aromatic heterocycles. The fourth-order valence-electron chi connectivity index (χ4n) is 2.25. The van der Waals surface area contributed by atoms with Crippen LogP contribution in [0.2, 0.25) is 0 Å². The van der Waals surface area contributed by atoms with Gasteiger partial charge in [-0.15, -0.1) is 0 Å². The summed E-state index contributed by atoms with van der Waals surface area (Å²) in [7, 11) is 1.56. The normalized spacial score (nSPS) is 18.2. The van der Waals surface area contributed by atoms with Gasteiger partial charge >= 0.3 is 0 Å². The van der Waals surface area contributed by atoms with E-state index in [0.29, 0.717) is 11.8 Å². The van der Waals surface area contributed by atoms with Gasteiger partial charge in [-0.05, 0) is 31.0 Å². The van der Waals surface area contributed by atoms with Crippen LogP contribution in [0.5, 0.6) is 11.5 Å². The fourth-order valence-corrected chi connectivity index (χ4v) is 2.25. The molecular weight excluding hydrogens is 244 g/mol. The molecule has 1 atom stereocenters. The Morgan fingerprint density at radius 3 is 2.84 bits per heavy atom. The van der Waals surface area contributed by atoms with E-state index in [9.17, 15) is 5.11 Å². The third-order valence-corrected chi connectivity index (χ3v) is 3.20. The zero-order chi connectivity index (χ0) is 13.7. The molecule has 1 saturated heterocycles. The van der Waals surface area contributed by atoms with Gasteiger partial charge in [-0.25, -0.2) is 5.01 Å². The molecule has 1 aromatic rings. The first-order valence-corrected chi connectivity index (χ1v) is 6.64. The first kappa shape index (κ1) is 14.1. The van der Waals surface area contributed by atoms with Crippen molar-refractivity contribution in [1.29, 1.82) is 0 Å². The van der Waals surface area contributed by atoms with Crippen molar-refractivity contribution in [2.75, 3.05) is 33.4 Å². The molecule has 19 heavy (non-hydrogen) atoms. The van der Waals surface area contributed by atoms with E-state index in [2.05, 4.69) is 17.4 Å². The van der Waals surface area contributed by atoms with Gasteiger partial charge in [0, 0.05) is 19.1 Å². The molecule has 0 amide bonds. The van der Waals surface area contributed by atoms with E-state index >= 15 is 0 Å². The van der Waals surface area contributed by atoms with Crippen LogP contribution in [0.1, 0.15) is 12.5 Å². The summed E-state index contributed by atoms with van der Waals surface area (Å²) >= 11 is 0. The standard InChI is InChI=1S/C14H22N2O3/c1-11(15-16-5-7-19-8-6-16)9-12-3-4-13(17)14(10-12)18-2/h3-4,10-11,15,17H,5-9H2,1-2H3. The molecule has 2 rings (SSSR count). The lowest BCUT2D eigenvalue weighted by atomic mass is 10.1. The molecule has 1 fully saturated rings. The van der Waals surface area contributed by atoms with E-state index in [1.165, 1.54) is 0 Å². The second kappa shape index (κ2) is 6.75. The summed E-state index contributed by atoms with van der Waals surface area (Å²) in [6.45, 7) is 5.56. The minimum atomic E-state index is 0.181. The van der Waals surface area contributed by atoms with Crippen molar-refractivity contribution < 1.29 is 14.6 Å². The molecule has 0 spiro atoms. The number of phenolic OH excluding ortho intramolecular Hbond substituents is 1. The van der Waals surface area contributed by atoms with Crippen LogP contribution < -0.4 is 10.2 Å². The predicted octanol–water partition coefficient (Wildman–Crippen LogP) is 1.17. The maximum Gasteiger partial charge on any atom is 0.160 e. The number of benzene rings is 1. The lowest BCUT2D eigenvalue weighted by Crippen LogP contribution is -2.49. The van der Waals surface area contributed by atoms with Crippen LogP contribution in [0.3, 0.4) is 0 Å². The average Bonchev–Trinajstić information content (AvgIpc) is 2.42. The van der Waals surface area contributed by atoms with E-state index in [4.69, 9.17) is 9.47 Å². The number of aromatic hydroxyl groups is 1. The Morgan fingerprint density at radius 2 is 2.16 bits per heavy atom. The molecular formula is C14H22N2O3. The smallest absolute Gasteiger partial charge is 0.160 e. The number of nitrogens with one attached hydrogen (secondary N) is 1. The lowest BCUT2D eigenvalue weighted by Gasteiger charge is -2.30. The molecule has 1 aliphatic rings. The summed E-state index contributed by atoms with van der Waals surface area (Å²) in [4.78, 5) is 0. The van der Waals surface area contributed by atoms with Crippen LogP contribution >= 0.6 is 0 Å². The Bertz CT molecular complexity index is 406. The van der Waals surface area contributed by atoms with Gasteiger partial charge in [-0.3, -0.25) is 5.43 Å². The topological polar surface area (TPSA) is 54.0 Å². The Labute approximate surface area is 114 Å². The zero-order valence-corrected chi connectivity index (χ0v) is 11.6. The Hall–Kier alpha value is -1.30. The van der Waals surface area contributed by atoms with E-state index in [-0.39, 0.29) is 5.75 Å². The monoisotopic (exact) mass is 266 g/mol. The van der Waals surface area contributed by atoms with Crippen LogP contribution in [-0.2, 0) is 11.2 Å². The summed E-state index contributed by atoms with van der Waals surface area (Å²) < 4.78 is 10.4.